The first-order valence-electron chi connectivity index (χ1n) is 7.93. The Balaban J connectivity index is 1.99. The molecule has 2 rings (SSSR count). The molecule has 0 amide bonds. The van der Waals surface area contributed by atoms with Crippen LogP contribution in [0.2, 0.25) is 0 Å². The first-order chi connectivity index (χ1) is 9.19. The number of piperazine rings is 1. The molecule has 0 aromatic heterocycles. The second-order valence-corrected chi connectivity index (χ2v) is 6.75. The third kappa shape index (κ3) is 3.74. The molecule has 0 spiro atoms. The van der Waals surface area contributed by atoms with Gasteiger partial charge in [0.1, 0.15) is 0 Å². The number of hydrogen-bond donors (Lipinski definition) is 1. The highest BCUT2D eigenvalue weighted by Crippen LogP contribution is 2.31. The molecular formula is C16H29ClN2. The summed E-state index contributed by atoms with van der Waals surface area (Å²) in [4.78, 5) is 2.63. The van der Waals surface area contributed by atoms with Gasteiger partial charge in [-0.05, 0) is 32.1 Å². The molecule has 3 heteroatoms. The van der Waals surface area contributed by atoms with E-state index in [1.54, 1.807) is 5.54 Å². The first kappa shape index (κ1) is 15.3. The van der Waals surface area contributed by atoms with Gasteiger partial charge in [-0.3, -0.25) is 4.90 Å². The molecular weight excluding hydrogens is 256 g/mol. The minimum absolute atomic E-state index is 0.279. The molecule has 2 unspecified atom stereocenters. The molecule has 1 aliphatic heterocycles. The average molecular weight is 285 g/mol. The molecule has 2 atom stereocenters. The molecule has 19 heavy (non-hydrogen) atoms. The maximum Gasteiger partial charge on any atom is 0.0307 e. The minimum Gasteiger partial charge on any atom is -0.311 e. The third-order valence-electron chi connectivity index (χ3n) is 5.32. The van der Waals surface area contributed by atoms with E-state index >= 15 is 0 Å². The average Bonchev–Trinajstić information content (AvgIpc) is 2.47. The Bertz CT molecular complexity index is 299. The molecule has 2 aliphatic rings. The molecule has 0 aromatic rings. The van der Waals surface area contributed by atoms with E-state index < -0.39 is 0 Å². The van der Waals surface area contributed by atoms with Gasteiger partial charge in [0.2, 0.25) is 0 Å². The van der Waals surface area contributed by atoms with E-state index in [1.807, 2.05) is 0 Å². The summed E-state index contributed by atoms with van der Waals surface area (Å²) in [6.45, 7) is 7.94. The monoisotopic (exact) mass is 284 g/mol. The van der Waals surface area contributed by atoms with Crippen molar-refractivity contribution in [3.05, 3.63) is 11.6 Å². The van der Waals surface area contributed by atoms with Gasteiger partial charge in [0.05, 0.1) is 0 Å². The molecule has 2 fully saturated rings. The Morgan fingerprint density at radius 1 is 1.32 bits per heavy atom. The van der Waals surface area contributed by atoms with Crippen molar-refractivity contribution in [2.24, 2.45) is 5.92 Å². The summed E-state index contributed by atoms with van der Waals surface area (Å²) >= 11 is 5.72. The molecule has 1 N–H and O–H groups in total. The van der Waals surface area contributed by atoms with Crippen molar-refractivity contribution in [3.8, 4) is 0 Å². The van der Waals surface area contributed by atoms with E-state index in [1.165, 1.54) is 45.1 Å². The summed E-state index contributed by atoms with van der Waals surface area (Å²) in [6, 6.07) is 0.684. The zero-order valence-electron chi connectivity index (χ0n) is 12.5. The predicted octanol–water partition coefficient (Wildman–Crippen LogP) is 3.76. The van der Waals surface area contributed by atoms with Crippen LogP contribution in [-0.2, 0) is 0 Å². The van der Waals surface area contributed by atoms with Crippen molar-refractivity contribution in [1.82, 2.24) is 10.2 Å². The van der Waals surface area contributed by atoms with E-state index in [9.17, 15) is 0 Å². The fourth-order valence-electron chi connectivity index (χ4n) is 3.65. The van der Waals surface area contributed by atoms with E-state index in [0.29, 0.717) is 6.04 Å². The summed E-state index contributed by atoms with van der Waals surface area (Å²) in [7, 11) is 0. The van der Waals surface area contributed by atoms with Crippen LogP contribution >= 0.6 is 11.6 Å². The Morgan fingerprint density at radius 3 is 2.68 bits per heavy atom. The van der Waals surface area contributed by atoms with Gasteiger partial charge in [-0.25, -0.2) is 0 Å². The smallest absolute Gasteiger partial charge is 0.0307 e. The van der Waals surface area contributed by atoms with Crippen molar-refractivity contribution in [2.75, 3.05) is 19.6 Å². The normalized spacial score (nSPS) is 35.0. The van der Waals surface area contributed by atoms with Crippen LogP contribution < -0.4 is 5.32 Å². The van der Waals surface area contributed by atoms with Crippen LogP contribution in [-0.4, -0.2) is 36.1 Å². The summed E-state index contributed by atoms with van der Waals surface area (Å²) < 4.78 is 0. The number of hydrogen-bond acceptors (Lipinski definition) is 2. The van der Waals surface area contributed by atoms with Crippen molar-refractivity contribution >= 4 is 11.6 Å². The zero-order valence-corrected chi connectivity index (χ0v) is 13.3. The highest BCUT2D eigenvalue weighted by Gasteiger charge is 2.38. The number of rotatable bonds is 4. The molecule has 2 nitrogen and oxygen atoms in total. The lowest BCUT2D eigenvalue weighted by atomic mass is 9.81. The van der Waals surface area contributed by atoms with Gasteiger partial charge in [0, 0.05) is 36.8 Å². The SMILES string of the molecule is CCC1(C)CNC(C2CCCCC2)CN1C/C=C/Cl. The summed E-state index contributed by atoms with van der Waals surface area (Å²) in [6.07, 6.45) is 10.4. The van der Waals surface area contributed by atoms with Gasteiger partial charge in [-0.2, -0.15) is 0 Å². The second kappa shape index (κ2) is 7.10. The number of halogens is 1. The highest BCUT2D eigenvalue weighted by atomic mass is 35.5. The molecule has 1 aliphatic carbocycles. The molecule has 1 saturated heterocycles. The maximum atomic E-state index is 5.72. The van der Waals surface area contributed by atoms with Gasteiger partial charge < -0.3 is 5.32 Å². The van der Waals surface area contributed by atoms with Crippen molar-refractivity contribution < 1.29 is 0 Å². The van der Waals surface area contributed by atoms with Gasteiger partial charge in [0.25, 0.3) is 0 Å². The second-order valence-electron chi connectivity index (χ2n) is 6.50. The van der Waals surface area contributed by atoms with Crippen LogP contribution in [0.25, 0.3) is 0 Å². The van der Waals surface area contributed by atoms with Crippen molar-refractivity contribution in [1.29, 1.82) is 0 Å². The Labute approximate surface area is 123 Å². The predicted molar refractivity (Wildman–Crippen MR) is 83.6 cm³/mol. The molecule has 0 bridgehead atoms. The fourth-order valence-corrected chi connectivity index (χ4v) is 3.73. The quantitative estimate of drug-likeness (QED) is 0.846. The molecule has 110 valence electrons. The van der Waals surface area contributed by atoms with Crippen LogP contribution in [0.5, 0.6) is 0 Å². The van der Waals surface area contributed by atoms with E-state index in [4.69, 9.17) is 11.6 Å². The lowest BCUT2D eigenvalue weighted by Crippen LogP contribution is -2.64. The van der Waals surface area contributed by atoms with Crippen LogP contribution in [0, 0.1) is 5.92 Å². The van der Waals surface area contributed by atoms with Gasteiger partial charge in [0.15, 0.2) is 0 Å². The molecule has 0 radical (unpaired) electrons. The lowest BCUT2D eigenvalue weighted by Gasteiger charge is -2.49. The van der Waals surface area contributed by atoms with Gasteiger partial charge >= 0.3 is 0 Å². The maximum absolute atomic E-state index is 5.72. The zero-order chi connectivity index (χ0) is 13.7. The van der Waals surface area contributed by atoms with Crippen LogP contribution in [0.1, 0.15) is 52.4 Å². The van der Waals surface area contributed by atoms with Gasteiger partial charge in [-0.1, -0.05) is 43.9 Å². The fraction of sp³-hybridized carbons (Fsp3) is 0.875. The van der Waals surface area contributed by atoms with Crippen molar-refractivity contribution in [3.63, 3.8) is 0 Å². The largest absolute Gasteiger partial charge is 0.311 e. The summed E-state index contributed by atoms with van der Waals surface area (Å²) in [5, 5.41) is 3.84. The molecule has 1 saturated carbocycles. The van der Waals surface area contributed by atoms with E-state index in [0.717, 1.165) is 19.0 Å². The van der Waals surface area contributed by atoms with E-state index in [-0.39, 0.29) is 5.54 Å². The van der Waals surface area contributed by atoms with Crippen LogP contribution in [0.15, 0.2) is 11.6 Å². The van der Waals surface area contributed by atoms with Gasteiger partial charge in [-0.15, -0.1) is 0 Å². The first-order valence-corrected chi connectivity index (χ1v) is 8.37. The minimum atomic E-state index is 0.279. The standard InChI is InChI=1S/C16H29ClN2/c1-3-16(2)13-18-15(12-19(16)11-7-10-17)14-8-5-4-6-9-14/h7,10,14-15,18H,3-6,8-9,11-13H2,1-2H3/b10-7+. The summed E-state index contributed by atoms with van der Waals surface area (Å²) in [5.41, 5.74) is 1.94. The van der Waals surface area contributed by atoms with Crippen LogP contribution in [0.4, 0.5) is 0 Å². The number of nitrogens with one attached hydrogen (secondary N) is 1. The Kier molecular flexibility index (Phi) is 5.73. The Morgan fingerprint density at radius 2 is 2.05 bits per heavy atom. The topological polar surface area (TPSA) is 15.3 Å². The molecule has 0 aromatic carbocycles. The van der Waals surface area contributed by atoms with Crippen molar-refractivity contribution in [2.45, 2.75) is 64.0 Å². The summed E-state index contributed by atoms with van der Waals surface area (Å²) in [5.74, 6) is 0.887. The van der Waals surface area contributed by atoms with E-state index in [2.05, 4.69) is 30.1 Å². The Hall–Kier alpha value is -0.0500. The van der Waals surface area contributed by atoms with Crippen LogP contribution in [0.3, 0.4) is 0 Å². The lowest BCUT2D eigenvalue weighted by molar-refractivity contribution is 0.0394. The molecule has 1 heterocycles. The highest BCUT2D eigenvalue weighted by molar-refractivity contribution is 6.25. The number of nitrogens with zero attached hydrogens (tertiary/aromatic N) is 1. The third-order valence-corrected chi connectivity index (χ3v) is 5.50.